The number of hydrogen-bond donors (Lipinski definition) is 0. The Morgan fingerprint density at radius 3 is 2.40 bits per heavy atom. The molecule has 2 rings (SSSR count). The molecule has 0 saturated carbocycles. The van der Waals surface area contributed by atoms with Gasteiger partial charge in [0.1, 0.15) is 12.4 Å². The van der Waals surface area contributed by atoms with E-state index >= 15 is 0 Å². The number of ether oxygens (including phenoxy) is 1. The van der Waals surface area contributed by atoms with Crippen molar-refractivity contribution in [3.8, 4) is 5.75 Å². The van der Waals surface area contributed by atoms with E-state index in [1.165, 1.54) is 6.07 Å². The Hall–Kier alpha value is -1.49. The molecule has 0 aliphatic heterocycles. The summed E-state index contributed by atoms with van der Waals surface area (Å²) in [5, 5.41) is 12.1. The summed E-state index contributed by atoms with van der Waals surface area (Å²) in [6.07, 6.45) is 0. The third-order valence-electron chi connectivity index (χ3n) is 2.52. The van der Waals surface area contributed by atoms with Crippen LogP contribution in [0.15, 0.2) is 36.4 Å². The lowest BCUT2D eigenvalue weighted by atomic mass is 10.2. The maximum Gasteiger partial charge on any atom is 0.277 e. The molecule has 0 N–H and O–H groups in total. The number of benzene rings is 2. The Kier molecular flexibility index (Phi) is 4.70. The molecule has 0 aliphatic carbocycles. The number of nitro benzene ring substituents is 1. The van der Waals surface area contributed by atoms with Gasteiger partial charge < -0.3 is 4.74 Å². The van der Waals surface area contributed by atoms with Gasteiger partial charge in [0.15, 0.2) is 0 Å². The Bertz CT molecular complexity index is 661. The molecule has 7 heteroatoms. The fourth-order valence-electron chi connectivity index (χ4n) is 1.57. The van der Waals surface area contributed by atoms with Gasteiger partial charge in [-0.2, -0.15) is 0 Å². The molecule has 0 aromatic heterocycles. The standard InChI is InChI=1S/C13H8Cl3NO3/c14-9-2-1-8(12(5-9)17(18)19)7-20-13-6-10(15)3-4-11(13)16/h1-6H,7H2. The average Bonchev–Trinajstić information content (AvgIpc) is 2.40. The maximum atomic E-state index is 11.0. The molecular weight excluding hydrogens is 325 g/mol. The fourth-order valence-corrected chi connectivity index (χ4v) is 2.07. The quantitative estimate of drug-likeness (QED) is 0.576. The van der Waals surface area contributed by atoms with Gasteiger partial charge in [0, 0.05) is 22.2 Å². The Balaban J connectivity index is 2.23. The smallest absolute Gasteiger partial charge is 0.277 e. The van der Waals surface area contributed by atoms with E-state index in [0.717, 1.165) is 0 Å². The topological polar surface area (TPSA) is 52.4 Å². The zero-order valence-electron chi connectivity index (χ0n) is 9.98. The maximum absolute atomic E-state index is 11.0. The van der Waals surface area contributed by atoms with Gasteiger partial charge in [-0.1, -0.05) is 34.8 Å². The molecule has 0 saturated heterocycles. The SMILES string of the molecule is O=[N+]([O-])c1cc(Cl)ccc1COc1cc(Cl)ccc1Cl. The van der Waals surface area contributed by atoms with Crippen molar-refractivity contribution in [1.29, 1.82) is 0 Å². The number of nitrogens with zero attached hydrogens (tertiary/aromatic N) is 1. The summed E-state index contributed by atoms with van der Waals surface area (Å²) in [5.41, 5.74) is 0.297. The van der Waals surface area contributed by atoms with Crippen LogP contribution in [0.25, 0.3) is 0 Å². The van der Waals surface area contributed by atoms with Gasteiger partial charge in [0.2, 0.25) is 0 Å². The highest BCUT2D eigenvalue weighted by Crippen LogP contribution is 2.30. The van der Waals surface area contributed by atoms with Gasteiger partial charge in [-0.05, 0) is 24.3 Å². The van der Waals surface area contributed by atoms with E-state index in [4.69, 9.17) is 39.5 Å². The van der Waals surface area contributed by atoms with Crippen LogP contribution in [0.4, 0.5) is 5.69 Å². The number of hydrogen-bond acceptors (Lipinski definition) is 3. The Morgan fingerprint density at radius 1 is 1.05 bits per heavy atom. The summed E-state index contributed by atoms with van der Waals surface area (Å²) in [6.45, 7) is -0.00640. The highest BCUT2D eigenvalue weighted by molar-refractivity contribution is 6.34. The Morgan fingerprint density at radius 2 is 1.70 bits per heavy atom. The molecule has 0 bridgehead atoms. The molecule has 104 valence electrons. The van der Waals surface area contributed by atoms with Crippen molar-refractivity contribution in [2.45, 2.75) is 6.61 Å². The van der Waals surface area contributed by atoms with Crippen molar-refractivity contribution in [1.82, 2.24) is 0 Å². The number of rotatable bonds is 4. The first-order valence-corrected chi connectivity index (χ1v) is 6.61. The third-order valence-corrected chi connectivity index (χ3v) is 3.30. The lowest BCUT2D eigenvalue weighted by Gasteiger charge is -2.09. The molecule has 0 amide bonds. The Labute approximate surface area is 130 Å². The van der Waals surface area contributed by atoms with E-state index in [-0.39, 0.29) is 12.3 Å². The molecule has 4 nitrogen and oxygen atoms in total. The predicted octanol–water partition coefficient (Wildman–Crippen LogP) is 5.13. The van der Waals surface area contributed by atoms with Crippen molar-refractivity contribution >= 4 is 40.5 Å². The van der Waals surface area contributed by atoms with Crippen molar-refractivity contribution in [3.05, 3.63) is 67.1 Å². The van der Waals surface area contributed by atoms with Crippen molar-refractivity contribution in [2.24, 2.45) is 0 Å². The lowest BCUT2D eigenvalue weighted by Crippen LogP contribution is -2.01. The zero-order valence-corrected chi connectivity index (χ0v) is 12.2. The summed E-state index contributed by atoms with van der Waals surface area (Å²) >= 11 is 17.5. The predicted molar refractivity (Wildman–Crippen MR) is 78.9 cm³/mol. The van der Waals surface area contributed by atoms with Crippen LogP contribution < -0.4 is 4.74 Å². The highest BCUT2D eigenvalue weighted by atomic mass is 35.5. The molecular formula is C13H8Cl3NO3. The third kappa shape index (κ3) is 3.54. The van der Waals surface area contributed by atoms with E-state index in [1.807, 2.05) is 0 Å². The number of halogens is 3. The second kappa shape index (κ2) is 6.31. The second-order valence-electron chi connectivity index (χ2n) is 3.89. The zero-order chi connectivity index (χ0) is 14.7. The first-order valence-electron chi connectivity index (χ1n) is 5.48. The highest BCUT2D eigenvalue weighted by Gasteiger charge is 2.15. The van der Waals surface area contributed by atoms with Crippen LogP contribution in [0.5, 0.6) is 5.75 Å². The first-order chi connectivity index (χ1) is 9.47. The van der Waals surface area contributed by atoms with Gasteiger partial charge in [-0.3, -0.25) is 10.1 Å². The van der Waals surface area contributed by atoms with Crippen LogP contribution in [0.3, 0.4) is 0 Å². The van der Waals surface area contributed by atoms with Gasteiger partial charge in [0.05, 0.1) is 15.5 Å². The fraction of sp³-hybridized carbons (Fsp3) is 0.0769. The summed E-state index contributed by atoms with van der Waals surface area (Å²) < 4.78 is 5.47. The van der Waals surface area contributed by atoms with Gasteiger partial charge in [0.25, 0.3) is 5.69 Å². The normalized spacial score (nSPS) is 10.3. The van der Waals surface area contributed by atoms with Gasteiger partial charge >= 0.3 is 0 Å². The second-order valence-corrected chi connectivity index (χ2v) is 5.17. The van der Waals surface area contributed by atoms with Crippen LogP contribution in [-0.4, -0.2) is 4.92 Å². The minimum atomic E-state index is -0.510. The summed E-state index contributed by atoms with van der Waals surface area (Å²) in [7, 11) is 0. The molecule has 2 aromatic carbocycles. The van der Waals surface area contributed by atoms with E-state index in [9.17, 15) is 10.1 Å². The molecule has 0 fully saturated rings. The van der Waals surface area contributed by atoms with E-state index in [2.05, 4.69) is 0 Å². The van der Waals surface area contributed by atoms with Crippen LogP contribution in [0, 0.1) is 10.1 Å². The monoisotopic (exact) mass is 331 g/mol. The van der Waals surface area contributed by atoms with Crippen molar-refractivity contribution in [2.75, 3.05) is 0 Å². The molecule has 0 spiro atoms. The molecule has 2 aromatic rings. The van der Waals surface area contributed by atoms with Crippen molar-refractivity contribution < 1.29 is 9.66 Å². The minimum absolute atomic E-state index is 0.00640. The molecule has 20 heavy (non-hydrogen) atoms. The van der Waals surface area contributed by atoms with Crippen LogP contribution in [0.1, 0.15) is 5.56 Å². The molecule has 0 aliphatic rings. The summed E-state index contributed by atoms with van der Waals surface area (Å²) in [6, 6.07) is 9.15. The number of nitro groups is 1. The largest absolute Gasteiger partial charge is 0.487 e. The van der Waals surface area contributed by atoms with Gasteiger partial charge in [-0.15, -0.1) is 0 Å². The van der Waals surface area contributed by atoms with E-state index in [1.54, 1.807) is 30.3 Å². The first kappa shape index (κ1) is 14.9. The molecule has 0 radical (unpaired) electrons. The van der Waals surface area contributed by atoms with Gasteiger partial charge in [-0.25, -0.2) is 0 Å². The molecule has 0 heterocycles. The average molecular weight is 333 g/mol. The molecule has 0 atom stereocenters. The minimum Gasteiger partial charge on any atom is -0.487 e. The van der Waals surface area contributed by atoms with E-state index < -0.39 is 4.92 Å². The summed E-state index contributed by atoms with van der Waals surface area (Å²) in [5.74, 6) is 0.364. The van der Waals surface area contributed by atoms with Crippen LogP contribution >= 0.6 is 34.8 Å². The molecule has 0 unspecified atom stereocenters. The van der Waals surface area contributed by atoms with Crippen molar-refractivity contribution in [3.63, 3.8) is 0 Å². The van der Waals surface area contributed by atoms with E-state index in [0.29, 0.717) is 26.4 Å². The summed E-state index contributed by atoms with van der Waals surface area (Å²) in [4.78, 5) is 10.4. The van der Waals surface area contributed by atoms with Crippen LogP contribution in [-0.2, 0) is 6.61 Å². The van der Waals surface area contributed by atoms with Crippen LogP contribution in [0.2, 0.25) is 15.1 Å². The lowest BCUT2D eigenvalue weighted by molar-refractivity contribution is -0.385.